The Morgan fingerprint density at radius 2 is 1.94 bits per heavy atom. The van der Waals surface area contributed by atoms with E-state index >= 15 is 0 Å². The first-order valence-corrected chi connectivity index (χ1v) is 4.75. The number of hydrogen-bond acceptors (Lipinski definition) is 3. The van der Waals surface area contributed by atoms with Crippen LogP contribution >= 0.6 is 0 Å². The fraction of sp³-hybridized carbons (Fsp3) is 0.667. The SMILES string of the molecule is N#CC1CC(N(CC(=O)O)C(=O)C(F)(F)F)C1. The second kappa shape index (κ2) is 4.61. The summed E-state index contributed by atoms with van der Waals surface area (Å²) in [7, 11) is 0. The fourth-order valence-electron chi connectivity index (χ4n) is 1.62. The lowest BCUT2D eigenvalue weighted by Crippen LogP contribution is -2.53. The summed E-state index contributed by atoms with van der Waals surface area (Å²) in [6.45, 7) is -0.999. The van der Waals surface area contributed by atoms with Gasteiger partial charge in [-0.3, -0.25) is 9.59 Å². The van der Waals surface area contributed by atoms with Crippen molar-refractivity contribution in [2.24, 2.45) is 5.92 Å². The average molecular weight is 250 g/mol. The zero-order chi connectivity index (χ0) is 13.2. The number of carbonyl (C=O) groups is 2. The second-order valence-corrected chi connectivity index (χ2v) is 3.78. The predicted molar refractivity (Wildman–Crippen MR) is 47.5 cm³/mol. The van der Waals surface area contributed by atoms with Crippen LogP contribution in [0, 0.1) is 17.2 Å². The average Bonchev–Trinajstić information content (AvgIpc) is 2.11. The van der Waals surface area contributed by atoms with Crippen LogP contribution in [0.3, 0.4) is 0 Å². The first-order chi connectivity index (χ1) is 7.75. The van der Waals surface area contributed by atoms with Crippen LogP contribution in [0.1, 0.15) is 12.8 Å². The van der Waals surface area contributed by atoms with Crippen LogP contribution in [0.5, 0.6) is 0 Å². The van der Waals surface area contributed by atoms with E-state index in [4.69, 9.17) is 10.4 Å². The van der Waals surface area contributed by atoms with E-state index in [2.05, 4.69) is 0 Å². The van der Waals surface area contributed by atoms with Crippen molar-refractivity contribution in [2.45, 2.75) is 25.1 Å². The lowest BCUT2D eigenvalue weighted by molar-refractivity contribution is -0.191. The van der Waals surface area contributed by atoms with E-state index in [-0.39, 0.29) is 17.7 Å². The smallest absolute Gasteiger partial charge is 0.471 e. The summed E-state index contributed by atoms with van der Waals surface area (Å²) in [6, 6.07) is 1.04. The summed E-state index contributed by atoms with van der Waals surface area (Å²) in [5.41, 5.74) is 0. The molecule has 8 heteroatoms. The molecule has 1 amide bonds. The molecule has 1 rings (SSSR count). The minimum absolute atomic E-state index is 0.0889. The molecule has 0 heterocycles. The predicted octanol–water partition coefficient (Wildman–Crippen LogP) is 0.764. The molecular weight excluding hydrogens is 241 g/mol. The number of rotatable bonds is 3. The molecule has 0 aromatic heterocycles. The van der Waals surface area contributed by atoms with Crippen LogP contribution < -0.4 is 0 Å². The molecule has 0 saturated heterocycles. The van der Waals surface area contributed by atoms with Gasteiger partial charge in [0.25, 0.3) is 0 Å². The monoisotopic (exact) mass is 250 g/mol. The Morgan fingerprint density at radius 1 is 1.41 bits per heavy atom. The first kappa shape index (κ1) is 13.3. The van der Waals surface area contributed by atoms with Gasteiger partial charge in [-0.05, 0) is 12.8 Å². The molecule has 0 aromatic rings. The largest absolute Gasteiger partial charge is 0.480 e. The maximum atomic E-state index is 12.2. The van der Waals surface area contributed by atoms with E-state index in [0.29, 0.717) is 0 Å². The molecule has 1 N–H and O–H groups in total. The van der Waals surface area contributed by atoms with Gasteiger partial charge in [0, 0.05) is 6.04 Å². The molecule has 94 valence electrons. The zero-order valence-electron chi connectivity index (χ0n) is 8.57. The summed E-state index contributed by atoms with van der Waals surface area (Å²) < 4.78 is 36.6. The number of nitriles is 1. The Labute approximate surface area is 94.4 Å². The van der Waals surface area contributed by atoms with E-state index in [1.165, 1.54) is 0 Å². The Morgan fingerprint density at radius 3 is 2.29 bits per heavy atom. The molecule has 0 unspecified atom stereocenters. The molecule has 0 aliphatic heterocycles. The Bertz CT molecular complexity index is 369. The molecule has 1 aliphatic carbocycles. The van der Waals surface area contributed by atoms with Crippen LogP contribution in [0.25, 0.3) is 0 Å². The van der Waals surface area contributed by atoms with Gasteiger partial charge in [0.15, 0.2) is 0 Å². The van der Waals surface area contributed by atoms with Gasteiger partial charge in [-0.2, -0.15) is 18.4 Å². The van der Waals surface area contributed by atoms with Gasteiger partial charge in [0.05, 0.1) is 12.0 Å². The topological polar surface area (TPSA) is 81.4 Å². The lowest BCUT2D eigenvalue weighted by atomic mass is 9.80. The van der Waals surface area contributed by atoms with Crippen LogP contribution in [0.4, 0.5) is 13.2 Å². The minimum Gasteiger partial charge on any atom is -0.480 e. The van der Waals surface area contributed by atoms with Crippen molar-refractivity contribution in [3.05, 3.63) is 0 Å². The quantitative estimate of drug-likeness (QED) is 0.801. The fourth-order valence-corrected chi connectivity index (χ4v) is 1.62. The Balaban J connectivity index is 2.73. The number of hydrogen-bond donors (Lipinski definition) is 1. The van der Waals surface area contributed by atoms with Crippen LogP contribution in [0.2, 0.25) is 0 Å². The molecular formula is C9H9F3N2O3. The molecule has 0 aromatic carbocycles. The van der Waals surface area contributed by atoms with Crippen LogP contribution in [-0.2, 0) is 9.59 Å². The molecule has 5 nitrogen and oxygen atoms in total. The molecule has 1 aliphatic rings. The highest BCUT2D eigenvalue weighted by atomic mass is 19.4. The molecule has 0 radical (unpaired) electrons. The van der Waals surface area contributed by atoms with Gasteiger partial charge in [-0.1, -0.05) is 0 Å². The van der Waals surface area contributed by atoms with Crippen molar-refractivity contribution < 1.29 is 27.9 Å². The first-order valence-electron chi connectivity index (χ1n) is 4.75. The van der Waals surface area contributed by atoms with Crippen molar-refractivity contribution in [3.63, 3.8) is 0 Å². The molecule has 17 heavy (non-hydrogen) atoms. The van der Waals surface area contributed by atoms with Crippen molar-refractivity contribution in [1.82, 2.24) is 4.90 Å². The number of nitrogens with zero attached hydrogens (tertiary/aromatic N) is 2. The third-order valence-corrected chi connectivity index (χ3v) is 2.55. The van der Waals surface area contributed by atoms with Crippen molar-refractivity contribution in [2.75, 3.05) is 6.54 Å². The second-order valence-electron chi connectivity index (χ2n) is 3.78. The highest BCUT2D eigenvalue weighted by molar-refractivity contribution is 5.85. The number of carboxylic acid groups (broad SMARTS) is 1. The number of halogens is 3. The van der Waals surface area contributed by atoms with Gasteiger partial charge in [-0.15, -0.1) is 0 Å². The Kier molecular flexibility index (Phi) is 3.60. The third-order valence-electron chi connectivity index (χ3n) is 2.55. The maximum Gasteiger partial charge on any atom is 0.471 e. The lowest BCUT2D eigenvalue weighted by Gasteiger charge is -2.39. The number of carboxylic acids is 1. The maximum absolute atomic E-state index is 12.2. The normalized spacial score (nSPS) is 23.4. The Hall–Kier alpha value is -1.78. The van der Waals surface area contributed by atoms with Gasteiger partial charge in [0.2, 0.25) is 0 Å². The summed E-state index contributed by atoms with van der Waals surface area (Å²) in [6.07, 6.45) is -4.91. The minimum atomic E-state index is -5.09. The van der Waals surface area contributed by atoms with Gasteiger partial charge in [-0.25, -0.2) is 0 Å². The molecule has 0 spiro atoms. The summed E-state index contributed by atoms with van der Waals surface area (Å²) in [5, 5.41) is 16.9. The van der Waals surface area contributed by atoms with E-state index in [1.54, 1.807) is 0 Å². The summed E-state index contributed by atoms with van der Waals surface area (Å²) >= 11 is 0. The highest BCUT2D eigenvalue weighted by Gasteiger charge is 2.48. The van der Waals surface area contributed by atoms with Crippen molar-refractivity contribution in [1.29, 1.82) is 5.26 Å². The third kappa shape index (κ3) is 3.09. The van der Waals surface area contributed by atoms with Crippen molar-refractivity contribution in [3.8, 4) is 6.07 Å². The number of amides is 1. The van der Waals surface area contributed by atoms with Gasteiger partial charge >= 0.3 is 18.1 Å². The van der Waals surface area contributed by atoms with Crippen LogP contribution in [0.15, 0.2) is 0 Å². The summed E-state index contributed by atoms with van der Waals surface area (Å²) in [4.78, 5) is 21.7. The van der Waals surface area contributed by atoms with Crippen LogP contribution in [-0.4, -0.2) is 40.6 Å². The molecule has 0 atom stereocenters. The number of alkyl halides is 3. The molecule has 1 fully saturated rings. The van der Waals surface area contributed by atoms with Gasteiger partial charge < -0.3 is 10.0 Å². The van der Waals surface area contributed by atoms with E-state index in [9.17, 15) is 22.8 Å². The van der Waals surface area contributed by atoms with E-state index in [1.807, 2.05) is 6.07 Å². The summed E-state index contributed by atoms with van der Waals surface area (Å²) in [5.74, 6) is -4.08. The highest BCUT2D eigenvalue weighted by Crippen LogP contribution is 2.33. The standard InChI is InChI=1S/C9H9F3N2O3/c10-9(11,12)8(17)14(4-7(15)16)6-1-5(2-6)3-13/h5-6H,1-2,4H2,(H,15,16). The molecule has 0 bridgehead atoms. The molecule has 1 saturated carbocycles. The van der Waals surface area contributed by atoms with E-state index in [0.717, 1.165) is 0 Å². The van der Waals surface area contributed by atoms with Crippen molar-refractivity contribution >= 4 is 11.9 Å². The number of carbonyl (C=O) groups excluding carboxylic acids is 1. The zero-order valence-corrected chi connectivity index (χ0v) is 8.57. The number of aliphatic carboxylic acids is 1. The van der Waals surface area contributed by atoms with E-state index < -0.39 is 36.6 Å². The van der Waals surface area contributed by atoms with Gasteiger partial charge in [0.1, 0.15) is 6.54 Å².